The van der Waals surface area contributed by atoms with E-state index in [1.807, 2.05) is 18.2 Å². The number of rotatable bonds is 5. The predicted molar refractivity (Wildman–Crippen MR) is 112 cm³/mol. The fourth-order valence-corrected chi connectivity index (χ4v) is 4.21. The van der Waals surface area contributed by atoms with Crippen LogP contribution in [0.3, 0.4) is 0 Å². The smallest absolute Gasteiger partial charge is 0.261 e. The first-order valence-corrected chi connectivity index (χ1v) is 10.8. The Labute approximate surface area is 169 Å². The third kappa shape index (κ3) is 3.95. The average Bonchev–Trinajstić information content (AvgIpc) is 2.84. The summed E-state index contributed by atoms with van der Waals surface area (Å²) < 4.78 is 33.8. The van der Waals surface area contributed by atoms with E-state index in [2.05, 4.69) is 17.0 Å². The zero-order valence-corrected chi connectivity index (χ0v) is 16.6. The van der Waals surface area contributed by atoms with Gasteiger partial charge in [-0.05, 0) is 54.4 Å². The molecule has 0 spiro atoms. The van der Waals surface area contributed by atoms with Gasteiger partial charge >= 0.3 is 0 Å². The first-order chi connectivity index (χ1) is 14.0. The molecule has 0 aliphatic carbocycles. The molecule has 1 aliphatic heterocycles. The quantitative estimate of drug-likeness (QED) is 0.635. The molecule has 0 unspecified atom stereocenters. The van der Waals surface area contributed by atoms with Crippen molar-refractivity contribution in [3.05, 3.63) is 77.9 Å². The van der Waals surface area contributed by atoms with E-state index in [9.17, 15) is 13.2 Å². The number of sulfonamides is 1. The first-order valence-electron chi connectivity index (χ1n) is 9.30. The number of nitrogens with one attached hydrogen (secondary N) is 2. The van der Waals surface area contributed by atoms with Crippen molar-refractivity contribution in [1.29, 1.82) is 0 Å². The largest absolute Gasteiger partial charge is 0.454 e. The summed E-state index contributed by atoms with van der Waals surface area (Å²) in [5.41, 5.74) is 2.18. The second-order valence-corrected chi connectivity index (χ2v) is 8.45. The highest BCUT2D eigenvalue weighted by Gasteiger charge is 2.22. The molecule has 3 aromatic rings. The monoisotopic (exact) mass is 408 g/mol. The summed E-state index contributed by atoms with van der Waals surface area (Å²) in [4.78, 5) is 12.8. The van der Waals surface area contributed by atoms with Gasteiger partial charge in [0.2, 0.25) is 0 Å². The van der Waals surface area contributed by atoms with Crippen LogP contribution in [0.1, 0.15) is 29.3 Å². The first kappa shape index (κ1) is 19.0. The van der Waals surface area contributed by atoms with E-state index < -0.39 is 10.0 Å². The van der Waals surface area contributed by atoms with Gasteiger partial charge in [0.15, 0.2) is 5.75 Å². The molecule has 0 bridgehead atoms. The molecule has 3 aromatic carbocycles. The molecule has 4 rings (SSSR count). The third-order valence-corrected chi connectivity index (χ3v) is 6.00. The molecule has 0 aromatic heterocycles. The maximum atomic E-state index is 12.7. The Morgan fingerprint density at radius 3 is 2.48 bits per heavy atom. The van der Waals surface area contributed by atoms with Crippen LogP contribution in [-0.4, -0.2) is 14.3 Å². The molecule has 0 saturated carbocycles. The van der Waals surface area contributed by atoms with Crippen LogP contribution in [0.25, 0.3) is 0 Å². The minimum Gasteiger partial charge on any atom is -0.454 e. The Balaban J connectivity index is 1.61. The van der Waals surface area contributed by atoms with Crippen LogP contribution in [0.2, 0.25) is 0 Å². The number of aryl methyl sites for hydroxylation is 1. The Bertz CT molecular complexity index is 1170. The van der Waals surface area contributed by atoms with E-state index in [1.165, 1.54) is 6.07 Å². The third-order valence-electron chi connectivity index (χ3n) is 4.60. The van der Waals surface area contributed by atoms with Crippen LogP contribution in [-0.2, 0) is 16.4 Å². The molecule has 1 amide bonds. The average molecular weight is 408 g/mol. The highest BCUT2D eigenvalue weighted by Crippen LogP contribution is 2.36. The van der Waals surface area contributed by atoms with Crippen LogP contribution in [0.4, 0.5) is 11.4 Å². The van der Waals surface area contributed by atoms with Crippen LogP contribution >= 0.6 is 0 Å². The number of para-hydroxylation sites is 2. The lowest BCUT2D eigenvalue weighted by atomic mass is 10.1. The van der Waals surface area contributed by atoms with Crippen molar-refractivity contribution in [2.75, 3.05) is 10.0 Å². The number of hydrogen-bond acceptors (Lipinski definition) is 4. The summed E-state index contributed by atoms with van der Waals surface area (Å²) in [6.45, 7) is 2.07. The van der Waals surface area contributed by atoms with Crippen LogP contribution in [0.5, 0.6) is 11.5 Å². The van der Waals surface area contributed by atoms with Gasteiger partial charge in [-0.15, -0.1) is 0 Å². The molecule has 1 heterocycles. The van der Waals surface area contributed by atoms with Crippen molar-refractivity contribution in [3.8, 4) is 11.5 Å². The van der Waals surface area contributed by atoms with Crippen molar-refractivity contribution in [3.63, 3.8) is 0 Å². The maximum absolute atomic E-state index is 12.7. The number of benzene rings is 3. The molecule has 6 nitrogen and oxygen atoms in total. The number of anilines is 2. The standard InChI is InChI=1S/C22H20N2O4S/c1-2-5-15-8-11-17(12-9-15)29(26,27)24-16-10-13-20-18(14-16)22(25)23-19-6-3-4-7-21(19)28-20/h3-4,6-14,24H,2,5H2,1H3,(H,23,25). The molecule has 0 atom stereocenters. The van der Waals surface area contributed by atoms with E-state index >= 15 is 0 Å². The summed E-state index contributed by atoms with van der Waals surface area (Å²) in [6.07, 6.45) is 1.89. The fourth-order valence-electron chi connectivity index (χ4n) is 3.16. The molecule has 0 fully saturated rings. The molecule has 1 aliphatic rings. The van der Waals surface area contributed by atoms with Gasteiger partial charge in [0.25, 0.3) is 15.9 Å². The molecule has 7 heteroatoms. The summed E-state index contributed by atoms with van der Waals surface area (Å²) in [5, 5.41) is 2.78. The summed E-state index contributed by atoms with van der Waals surface area (Å²) in [7, 11) is -3.77. The molecule has 29 heavy (non-hydrogen) atoms. The van der Waals surface area contributed by atoms with Crippen molar-refractivity contribution < 1.29 is 17.9 Å². The number of ether oxygens (including phenoxy) is 1. The van der Waals surface area contributed by atoms with Gasteiger partial charge in [0.1, 0.15) is 5.75 Å². The van der Waals surface area contributed by atoms with Gasteiger partial charge in [-0.2, -0.15) is 0 Å². The number of fused-ring (bicyclic) bond motifs is 2. The Hall–Kier alpha value is -3.32. The van der Waals surface area contributed by atoms with Gasteiger partial charge in [-0.1, -0.05) is 37.6 Å². The van der Waals surface area contributed by atoms with E-state index in [-0.39, 0.29) is 22.1 Å². The Morgan fingerprint density at radius 1 is 0.966 bits per heavy atom. The second-order valence-electron chi connectivity index (χ2n) is 6.76. The van der Waals surface area contributed by atoms with Crippen molar-refractivity contribution in [2.24, 2.45) is 0 Å². The molecular formula is C22H20N2O4S. The van der Waals surface area contributed by atoms with E-state index in [4.69, 9.17) is 4.74 Å². The summed E-state index contributed by atoms with van der Waals surface area (Å²) >= 11 is 0. The van der Waals surface area contributed by atoms with E-state index in [0.717, 1.165) is 18.4 Å². The molecule has 148 valence electrons. The van der Waals surface area contributed by atoms with Crippen molar-refractivity contribution in [2.45, 2.75) is 24.7 Å². The molecular weight excluding hydrogens is 388 g/mol. The predicted octanol–water partition coefficient (Wildman–Crippen LogP) is 4.80. The highest BCUT2D eigenvalue weighted by molar-refractivity contribution is 7.92. The maximum Gasteiger partial charge on any atom is 0.261 e. The number of carbonyl (C=O) groups excluding carboxylic acids is 1. The fraction of sp³-hybridized carbons (Fsp3) is 0.136. The minimum atomic E-state index is -3.77. The topological polar surface area (TPSA) is 84.5 Å². The Kier molecular flexibility index (Phi) is 4.98. The van der Waals surface area contributed by atoms with Crippen LogP contribution < -0.4 is 14.8 Å². The van der Waals surface area contributed by atoms with Crippen LogP contribution in [0.15, 0.2) is 71.6 Å². The SMILES string of the molecule is CCCc1ccc(S(=O)(=O)Nc2ccc3c(c2)C(=O)Nc2ccccc2O3)cc1. The summed E-state index contributed by atoms with van der Waals surface area (Å²) in [6, 6.07) is 18.5. The lowest BCUT2D eigenvalue weighted by Gasteiger charge is -2.11. The second kappa shape index (κ2) is 7.60. The zero-order valence-electron chi connectivity index (χ0n) is 15.8. The number of carbonyl (C=O) groups is 1. The van der Waals surface area contributed by atoms with Gasteiger partial charge < -0.3 is 10.1 Å². The van der Waals surface area contributed by atoms with Crippen LogP contribution in [0, 0.1) is 0 Å². The van der Waals surface area contributed by atoms with Crippen molar-refractivity contribution in [1.82, 2.24) is 0 Å². The molecule has 2 N–H and O–H groups in total. The van der Waals surface area contributed by atoms with Gasteiger partial charge in [-0.25, -0.2) is 8.42 Å². The van der Waals surface area contributed by atoms with E-state index in [1.54, 1.807) is 42.5 Å². The summed E-state index contributed by atoms with van der Waals surface area (Å²) in [5.74, 6) is 0.523. The molecule has 0 radical (unpaired) electrons. The molecule has 0 saturated heterocycles. The van der Waals surface area contributed by atoms with Gasteiger partial charge in [0.05, 0.1) is 16.1 Å². The number of hydrogen-bond donors (Lipinski definition) is 2. The lowest BCUT2D eigenvalue weighted by molar-refractivity contribution is 0.102. The van der Waals surface area contributed by atoms with Gasteiger partial charge in [-0.3, -0.25) is 9.52 Å². The Morgan fingerprint density at radius 2 is 1.72 bits per heavy atom. The number of amides is 1. The lowest BCUT2D eigenvalue weighted by Crippen LogP contribution is -2.15. The van der Waals surface area contributed by atoms with Crippen molar-refractivity contribution >= 4 is 27.3 Å². The minimum absolute atomic E-state index is 0.167. The van der Waals surface area contributed by atoms with E-state index in [0.29, 0.717) is 17.2 Å². The van der Waals surface area contributed by atoms with Gasteiger partial charge in [0, 0.05) is 5.69 Å². The highest BCUT2D eigenvalue weighted by atomic mass is 32.2. The normalized spacial score (nSPS) is 12.8. The zero-order chi connectivity index (χ0) is 20.4.